The number of carbonyl (C=O) groups is 1. The van der Waals surface area contributed by atoms with Crippen LogP contribution in [0, 0.1) is 18.7 Å². The molecule has 176 valence electrons. The minimum Gasteiger partial charge on any atom is -0.335 e. The first-order chi connectivity index (χ1) is 16.1. The molecule has 0 radical (unpaired) electrons. The highest BCUT2D eigenvalue weighted by atomic mass is 19.1. The van der Waals surface area contributed by atoms with Crippen molar-refractivity contribution in [3.8, 4) is 0 Å². The van der Waals surface area contributed by atoms with Crippen molar-refractivity contribution in [3.63, 3.8) is 0 Å². The molecule has 33 heavy (non-hydrogen) atoms. The molecule has 1 amide bonds. The molecule has 3 aliphatic rings. The van der Waals surface area contributed by atoms with Crippen LogP contribution < -0.4 is 0 Å². The molecule has 5 heteroatoms. The minimum absolute atomic E-state index is 0.174. The number of carbonyl (C=O) groups excluding carboxylic acids is 1. The van der Waals surface area contributed by atoms with Gasteiger partial charge in [-0.1, -0.05) is 25.0 Å². The summed E-state index contributed by atoms with van der Waals surface area (Å²) in [6.45, 7) is 5.57. The number of hydrogen-bond donors (Lipinski definition) is 0. The largest absolute Gasteiger partial charge is 0.335 e. The van der Waals surface area contributed by atoms with Gasteiger partial charge in [0.25, 0.3) is 5.91 Å². The van der Waals surface area contributed by atoms with Gasteiger partial charge < -0.3 is 4.90 Å². The van der Waals surface area contributed by atoms with Gasteiger partial charge in [0, 0.05) is 30.7 Å². The van der Waals surface area contributed by atoms with Gasteiger partial charge in [-0.25, -0.2) is 4.39 Å². The second-order valence-corrected chi connectivity index (χ2v) is 10.3. The maximum atomic E-state index is 13.8. The molecule has 5 rings (SSSR count). The summed E-state index contributed by atoms with van der Waals surface area (Å²) in [5, 5.41) is 0. The average Bonchev–Trinajstić information content (AvgIpc) is 2.84. The predicted molar refractivity (Wildman–Crippen MR) is 129 cm³/mol. The molecular formula is C28H36FN3O. The van der Waals surface area contributed by atoms with Gasteiger partial charge in [-0.15, -0.1) is 0 Å². The number of benzene rings is 1. The molecule has 2 aliphatic heterocycles. The third-order valence-electron chi connectivity index (χ3n) is 8.07. The lowest BCUT2D eigenvalue weighted by molar-refractivity contribution is 0.0388. The fourth-order valence-electron chi connectivity index (χ4n) is 6.36. The topological polar surface area (TPSA) is 36.4 Å². The van der Waals surface area contributed by atoms with E-state index in [9.17, 15) is 9.18 Å². The van der Waals surface area contributed by atoms with E-state index in [0.717, 1.165) is 74.4 Å². The molecule has 3 fully saturated rings. The molecule has 1 saturated carbocycles. The predicted octanol–water partition coefficient (Wildman–Crippen LogP) is 5.70. The van der Waals surface area contributed by atoms with Gasteiger partial charge in [-0.05, 0) is 94.3 Å². The first kappa shape index (κ1) is 22.5. The number of rotatable bonds is 4. The zero-order chi connectivity index (χ0) is 22.8. The highest BCUT2D eigenvalue weighted by molar-refractivity contribution is 5.95. The SMILES string of the molecule is Cc1ccc(C(=O)N2CCCC3CCCCC32)c(C2CCN(Cc3cccc(F)c3)CC2)n1. The third kappa shape index (κ3) is 4.98. The van der Waals surface area contributed by atoms with Crippen molar-refractivity contribution < 1.29 is 9.18 Å². The number of fused-ring (bicyclic) bond motifs is 1. The van der Waals surface area contributed by atoms with Crippen LogP contribution in [0.25, 0.3) is 0 Å². The highest BCUT2D eigenvalue weighted by Gasteiger charge is 2.37. The molecule has 2 unspecified atom stereocenters. The smallest absolute Gasteiger partial charge is 0.255 e. The first-order valence-electron chi connectivity index (χ1n) is 12.8. The fraction of sp³-hybridized carbons (Fsp3) is 0.571. The molecule has 2 aromatic rings. The van der Waals surface area contributed by atoms with Crippen molar-refractivity contribution in [2.75, 3.05) is 19.6 Å². The summed E-state index contributed by atoms with van der Waals surface area (Å²) >= 11 is 0. The average molecular weight is 450 g/mol. The number of piperidine rings is 2. The molecule has 1 aliphatic carbocycles. The molecular weight excluding hydrogens is 413 g/mol. The van der Waals surface area contributed by atoms with Gasteiger partial charge >= 0.3 is 0 Å². The van der Waals surface area contributed by atoms with E-state index in [-0.39, 0.29) is 11.7 Å². The first-order valence-corrected chi connectivity index (χ1v) is 12.8. The lowest BCUT2D eigenvalue weighted by Gasteiger charge is -2.44. The summed E-state index contributed by atoms with van der Waals surface area (Å²) in [6, 6.07) is 11.3. The molecule has 2 saturated heterocycles. The Bertz CT molecular complexity index is 983. The van der Waals surface area contributed by atoms with Crippen LogP contribution in [0.5, 0.6) is 0 Å². The molecule has 0 N–H and O–H groups in total. The van der Waals surface area contributed by atoms with Gasteiger partial charge in [0.1, 0.15) is 5.82 Å². The quantitative estimate of drug-likeness (QED) is 0.600. The second-order valence-electron chi connectivity index (χ2n) is 10.3. The van der Waals surface area contributed by atoms with Crippen molar-refractivity contribution >= 4 is 5.91 Å². The van der Waals surface area contributed by atoms with E-state index < -0.39 is 0 Å². The number of amides is 1. The monoisotopic (exact) mass is 449 g/mol. The Labute approximate surface area is 197 Å². The molecule has 1 aromatic carbocycles. The van der Waals surface area contributed by atoms with Crippen LogP contribution in [0.15, 0.2) is 36.4 Å². The maximum Gasteiger partial charge on any atom is 0.255 e. The van der Waals surface area contributed by atoms with E-state index in [0.29, 0.717) is 17.9 Å². The third-order valence-corrected chi connectivity index (χ3v) is 8.07. The van der Waals surface area contributed by atoms with Crippen molar-refractivity contribution in [1.29, 1.82) is 0 Å². The number of nitrogens with zero attached hydrogens (tertiary/aromatic N) is 3. The van der Waals surface area contributed by atoms with Crippen molar-refractivity contribution in [1.82, 2.24) is 14.8 Å². The number of likely N-dealkylation sites (tertiary alicyclic amines) is 2. The highest BCUT2D eigenvalue weighted by Crippen LogP contribution is 2.37. The Morgan fingerprint density at radius 3 is 2.61 bits per heavy atom. The molecule has 2 atom stereocenters. The van der Waals surface area contributed by atoms with Gasteiger partial charge in [-0.2, -0.15) is 0 Å². The van der Waals surface area contributed by atoms with E-state index in [1.807, 2.05) is 25.1 Å². The van der Waals surface area contributed by atoms with Crippen LogP contribution in [-0.2, 0) is 6.54 Å². The molecule has 1 aromatic heterocycles. The maximum absolute atomic E-state index is 13.8. The number of aromatic nitrogens is 1. The van der Waals surface area contributed by atoms with E-state index in [4.69, 9.17) is 4.98 Å². The Balaban J connectivity index is 1.30. The van der Waals surface area contributed by atoms with Crippen LogP contribution in [0.3, 0.4) is 0 Å². The van der Waals surface area contributed by atoms with Gasteiger partial charge in [0.15, 0.2) is 0 Å². The molecule has 0 spiro atoms. The Kier molecular flexibility index (Phi) is 6.77. The number of halogens is 1. The van der Waals surface area contributed by atoms with Crippen LogP contribution in [-0.4, -0.2) is 46.4 Å². The zero-order valence-corrected chi connectivity index (χ0v) is 19.8. The lowest BCUT2D eigenvalue weighted by atomic mass is 9.78. The number of hydrogen-bond acceptors (Lipinski definition) is 3. The summed E-state index contributed by atoms with van der Waals surface area (Å²) in [5.74, 6) is 1.02. The van der Waals surface area contributed by atoms with Crippen LogP contribution >= 0.6 is 0 Å². The van der Waals surface area contributed by atoms with Crippen molar-refractivity contribution in [2.45, 2.75) is 76.8 Å². The van der Waals surface area contributed by atoms with Crippen molar-refractivity contribution in [2.24, 2.45) is 5.92 Å². The van der Waals surface area contributed by atoms with E-state index in [2.05, 4.69) is 9.80 Å². The van der Waals surface area contributed by atoms with E-state index in [1.54, 1.807) is 12.1 Å². The standard InChI is InChI=1S/C28H36FN3O/c1-20-11-12-25(28(33)32-15-5-8-22-7-2-3-10-26(22)32)27(30-20)23-13-16-31(17-14-23)19-21-6-4-9-24(29)18-21/h4,6,9,11-12,18,22-23,26H,2-3,5,7-8,10,13-17,19H2,1H3. The second kappa shape index (κ2) is 9.92. The van der Waals surface area contributed by atoms with Crippen LogP contribution in [0.1, 0.15) is 84.6 Å². The molecule has 3 heterocycles. The molecule has 0 bridgehead atoms. The Morgan fingerprint density at radius 1 is 1.00 bits per heavy atom. The normalized spacial score (nSPS) is 24.5. The zero-order valence-electron chi connectivity index (χ0n) is 19.8. The lowest BCUT2D eigenvalue weighted by Crippen LogP contribution is -2.50. The summed E-state index contributed by atoms with van der Waals surface area (Å²) in [6.07, 6.45) is 9.36. The fourth-order valence-corrected chi connectivity index (χ4v) is 6.36. The summed E-state index contributed by atoms with van der Waals surface area (Å²) < 4.78 is 13.6. The minimum atomic E-state index is -0.174. The van der Waals surface area contributed by atoms with Crippen LogP contribution in [0.2, 0.25) is 0 Å². The van der Waals surface area contributed by atoms with Gasteiger partial charge in [-0.3, -0.25) is 14.7 Å². The van der Waals surface area contributed by atoms with Gasteiger partial charge in [0.05, 0.1) is 11.3 Å². The van der Waals surface area contributed by atoms with Crippen LogP contribution in [0.4, 0.5) is 4.39 Å². The Morgan fingerprint density at radius 2 is 1.79 bits per heavy atom. The van der Waals surface area contributed by atoms with Crippen molar-refractivity contribution in [3.05, 3.63) is 64.7 Å². The van der Waals surface area contributed by atoms with E-state index in [1.165, 1.54) is 31.7 Å². The molecule has 4 nitrogen and oxygen atoms in total. The van der Waals surface area contributed by atoms with E-state index >= 15 is 0 Å². The number of aryl methyl sites for hydroxylation is 1. The summed E-state index contributed by atoms with van der Waals surface area (Å²) in [5.41, 5.74) is 3.84. The van der Waals surface area contributed by atoms with Gasteiger partial charge in [0.2, 0.25) is 0 Å². The summed E-state index contributed by atoms with van der Waals surface area (Å²) in [7, 11) is 0. The number of pyridine rings is 1. The Hall–Kier alpha value is -2.27. The summed E-state index contributed by atoms with van der Waals surface area (Å²) in [4.78, 5) is 23.3.